The van der Waals surface area contributed by atoms with E-state index in [-0.39, 0.29) is 0 Å². The van der Waals surface area contributed by atoms with Crippen molar-refractivity contribution in [3.63, 3.8) is 0 Å². The van der Waals surface area contributed by atoms with Crippen LogP contribution in [-0.2, 0) is 4.79 Å². The van der Waals surface area contributed by atoms with Crippen molar-refractivity contribution in [3.8, 4) is 0 Å². The van der Waals surface area contributed by atoms with E-state index in [2.05, 4.69) is 0 Å². The van der Waals surface area contributed by atoms with Crippen molar-refractivity contribution in [2.75, 3.05) is 5.75 Å². The number of hydrogen-bond acceptors (Lipinski definition) is 2. The molecule has 0 N–H and O–H groups in total. The molecule has 0 aromatic carbocycles. The topological polar surface area (TPSA) is 17.1 Å². The minimum Gasteiger partial charge on any atom is -0.290 e. The Bertz CT molecular complexity index is 68.5. The van der Waals surface area contributed by atoms with E-state index >= 15 is 0 Å². The Hall–Kier alpha value is -0.240. The Kier molecular flexibility index (Phi) is 5.56. The largest absolute Gasteiger partial charge is 0.290 e. The zero-order valence-electron chi connectivity index (χ0n) is 4.18. The van der Waals surface area contributed by atoms with Crippen LogP contribution < -0.4 is 0 Å². The van der Waals surface area contributed by atoms with Crippen LogP contribution >= 0.6 is 11.8 Å². The van der Waals surface area contributed by atoms with Crippen LogP contribution in [0.4, 0.5) is 0 Å². The molecule has 0 spiro atoms. The van der Waals surface area contributed by atoms with E-state index in [1.54, 1.807) is 6.29 Å². The standard InChI is InChI=1S/C5H7OS/c1-2-4-7-5-3-6/h2,4H,5H2,1H3. The van der Waals surface area contributed by atoms with E-state index in [1.807, 2.05) is 18.4 Å². The molecule has 7 heavy (non-hydrogen) atoms. The third-order valence-electron chi connectivity index (χ3n) is 0.375. The van der Waals surface area contributed by atoms with Crippen molar-refractivity contribution < 1.29 is 4.79 Å². The fourth-order valence-corrected chi connectivity index (χ4v) is 0.535. The highest BCUT2D eigenvalue weighted by Gasteiger charge is 1.74. The summed E-state index contributed by atoms with van der Waals surface area (Å²) in [5.74, 6) is 0.449. The number of allylic oxidation sites excluding steroid dienone is 1. The summed E-state index contributed by atoms with van der Waals surface area (Å²) < 4.78 is 0. The highest BCUT2D eigenvalue weighted by molar-refractivity contribution is 8.02. The van der Waals surface area contributed by atoms with E-state index < -0.39 is 0 Å². The highest BCUT2D eigenvalue weighted by atomic mass is 32.2. The van der Waals surface area contributed by atoms with Gasteiger partial charge in [0.2, 0.25) is 6.29 Å². The monoisotopic (exact) mass is 115 g/mol. The van der Waals surface area contributed by atoms with Crippen LogP contribution in [0.3, 0.4) is 0 Å². The van der Waals surface area contributed by atoms with Crippen molar-refractivity contribution in [3.05, 3.63) is 11.5 Å². The summed E-state index contributed by atoms with van der Waals surface area (Å²) in [6.07, 6.45) is 3.66. The first-order valence-electron chi connectivity index (χ1n) is 1.99. The lowest BCUT2D eigenvalue weighted by Gasteiger charge is -1.75. The molecular formula is C5H7OS. The second-order valence-electron chi connectivity index (χ2n) is 0.925. The number of thioether (sulfide) groups is 1. The van der Waals surface area contributed by atoms with Crippen molar-refractivity contribution >= 4 is 18.0 Å². The zero-order chi connectivity index (χ0) is 5.54. The fourth-order valence-electron chi connectivity index (χ4n) is 0.178. The number of hydrogen-bond donors (Lipinski definition) is 0. The molecule has 1 radical (unpaired) electrons. The summed E-state index contributed by atoms with van der Waals surface area (Å²) in [5.41, 5.74) is 0. The van der Waals surface area contributed by atoms with Gasteiger partial charge in [-0.2, -0.15) is 0 Å². The molecule has 0 aromatic heterocycles. The van der Waals surface area contributed by atoms with Gasteiger partial charge < -0.3 is 0 Å². The molecule has 0 aliphatic carbocycles. The van der Waals surface area contributed by atoms with Crippen LogP contribution in [0, 0.1) is 0 Å². The van der Waals surface area contributed by atoms with E-state index in [0.717, 1.165) is 0 Å². The molecule has 0 heterocycles. The van der Waals surface area contributed by atoms with Crippen LogP contribution in [0.2, 0.25) is 0 Å². The fraction of sp³-hybridized carbons (Fsp3) is 0.400. The number of rotatable bonds is 3. The predicted molar refractivity (Wildman–Crippen MR) is 33.0 cm³/mol. The smallest absolute Gasteiger partial charge is 0.209 e. The van der Waals surface area contributed by atoms with Gasteiger partial charge >= 0.3 is 0 Å². The Morgan fingerprint density at radius 2 is 2.57 bits per heavy atom. The van der Waals surface area contributed by atoms with Gasteiger partial charge in [-0.05, 0) is 12.3 Å². The Morgan fingerprint density at radius 3 is 3.00 bits per heavy atom. The van der Waals surface area contributed by atoms with Gasteiger partial charge in [0.1, 0.15) is 0 Å². The van der Waals surface area contributed by atoms with Crippen molar-refractivity contribution in [1.82, 2.24) is 0 Å². The molecular weight excluding hydrogens is 108 g/mol. The van der Waals surface area contributed by atoms with Gasteiger partial charge in [0.15, 0.2) is 0 Å². The summed E-state index contributed by atoms with van der Waals surface area (Å²) in [6.45, 7) is 1.91. The molecule has 0 atom stereocenters. The first-order valence-corrected chi connectivity index (χ1v) is 3.04. The van der Waals surface area contributed by atoms with Gasteiger partial charge in [-0.1, -0.05) is 6.08 Å². The second kappa shape index (κ2) is 5.76. The minimum atomic E-state index is 0.449. The summed E-state index contributed by atoms with van der Waals surface area (Å²) >= 11 is 1.45. The molecule has 39 valence electrons. The molecule has 2 heteroatoms. The molecule has 1 nitrogen and oxygen atoms in total. The van der Waals surface area contributed by atoms with E-state index in [0.29, 0.717) is 5.75 Å². The van der Waals surface area contributed by atoms with Gasteiger partial charge in [-0.25, -0.2) is 0 Å². The SMILES string of the molecule is CC=CSC[C]=O. The average Bonchev–Trinajstić information content (AvgIpc) is 1.69. The third-order valence-corrected chi connectivity index (χ3v) is 1.12. The Morgan fingerprint density at radius 1 is 1.86 bits per heavy atom. The first-order chi connectivity index (χ1) is 3.41. The van der Waals surface area contributed by atoms with E-state index in [1.165, 1.54) is 11.8 Å². The zero-order valence-corrected chi connectivity index (χ0v) is 4.99. The van der Waals surface area contributed by atoms with Crippen molar-refractivity contribution in [2.24, 2.45) is 0 Å². The molecule has 0 saturated heterocycles. The quantitative estimate of drug-likeness (QED) is 0.517. The van der Waals surface area contributed by atoms with Crippen molar-refractivity contribution in [2.45, 2.75) is 6.92 Å². The molecule has 0 saturated carbocycles. The molecule has 0 aromatic rings. The van der Waals surface area contributed by atoms with Crippen LogP contribution in [0.1, 0.15) is 6.92 Å². The molecule has 0 amide bonds. The second-order valence-corrected chi connectivity index (χ2v) is 1.82. The number of carbonyl (C=O) groups excluding carboxylic acids is 1. The maximum absolute atomic E-state index is 9.50. The molecule has 0 aliphatic rings. The minimum absolute atomic E-state index is 0.449. The summed E-state index contributed by atoms with van der Waals surface area (Å²) in [6, 6.07) is 0. The van der Waals surface area contributed by atoms with Gasteiger partial charge in [0.25, 0.3) is 0 Å². The first kappa shape index (κ1) is 6.76. The summed E-state index contributed by atoms with van der Waals surface area (Å²) in [5, 5.41) is 1.87. The molecule has 0 rings (SSSR count). The van der Waals surface area contributed by atoms with E-state index in [4.69, 9.17) is 0 Å². The highest BCUT2D eigenvalue weighted by Crippen LogP contribution is 1.96. The lowest BCUT2D eigenvalue weighted by Crippen LogP contribution is -1.70. The third kappa shape index (κ3) is 5.76. The molecule has 0 aliphatic heterocycles. The normalized spacial score (nSPS) is 9.86. The van der Waals surface area contributed by atoms with Crippen LogP contribution in [0.15, 0.2) is 11.5 Å². The van der Waals surface area contributed by atoms with Gasteiger partial charge in [-0.3, -0.25) is 4.79 Å². The average molecular weight is 115 g/mol. The maximum Gasteiger partial charge on any atom is 0.209 e. The lowest BCUT2D eigenvalue weighted by atomic mass is 10.8. The molecule has 0 unspecified atom stereocenters. The summed E-state index contributed by atoms with van der Waals surface area (Å²) in [4.78, 5) is 9.50. The van der Waals surface area contributed by atoms with Crippen LogP contribution in [-0.4, -0.2) is 12.0 Å². The van der Waals surface area contributed by atoms with E-state index in [9.17, 15) is 4.79 Å². The van der Waals surface area contributed by atoms with Crippen LogP contribution in [0.5, 0.6) is 0 Å². The Labute approximate surface area is 47.8 Å². The predicted octanol–water partition coefficient (Wildman–Crippen LogP) is 1.36. The Balaban J connectivity index is 2.82. The van der Waals surface area contributed by atoms with Crippen LogP contribution in [0.25, 0.3) is 0 Å². The van der Waals surface area contributed by atoms with Crippen molar-refractivity contribution in [1.29, 1.82) is 0 Å². The van der Waals surface area contributed by atoms with Gasteiger partial charge in [0.05, 0.1) is 5.75 Å². The van der Waals surface area contributed by atoms with Gasteiger partial charge in [-0.15, -0.1) is 11.8 Å². The maximum atomic E-state index is 9.50. The lowest BCUT2D eigenvalue weighted by molar-refractivity contribution is 0.560. The summed E-state index contributed by atoms with van der Waals surface area (Å²) in [7, 11) is 0. The molecule has 0 fully saturated rings. The molecule has 0 bridgehead atoms. The van der Waals surface area contributed by atoms with Gasteiger partial charge in [0, 0.05) is 0 Å².